The highest BCUT2D eigenvalue weighted by Gasteiger charge is 1.97. The summed E-state index contributed by atoms with van der Waals surface area (Å²) in [6.45, 7) is 6.27. The summed E-state index contributed by atoms with van der Waals surface area (Å²) < 4.78 is 4.80. The summed E-state index contributed by atoms with van der Waals surface area (Å²) in [4.78, 5) is 11.1. The Balaban J connectivity index is 3.31. The minimum absolute atomic E-state index is 0.00389. The van der Waals surface area contributed by atoms with Crippen LogP contribution in [-0.2, 0) is 9.53 Å². The van der Waals surface area contributed by atoms with Crippen molar-refractivity contribution in [1.29, 1.82) is 0 Å². The summed E-state index contributed by atoms with van der Waals surface area (Å²) in [6, 6.07) is 0. The van der Waals surface area contributed by atoms with Crippen LogP contribution in [-0.4, -0.2) is 39.3 Å². The lowest BCUT2D eigenvalue weighted by atomic mass is 10.3. The Morgan fingerprint density at radius 3 is 2.71 bits per heavy atom. The van der Waals surface area contributed by atoms with Crippen molar-refractivity contribution >= 4 is 5.91 Å². The van der Waals surface area contributed by atoms with E-state index in [0.29, 0.717) is 19.7 Å². The molecular weight excluding hydrogens is 180 g/mol. The van der Waals surface area contributed by atoms with Crippen LogP contribution in [0, 0.1) is 0 Å². The zero-order valence-electron chi connectivity index (χ0n) is 9.22. The van der Waals surface area contributed by atoms with E-state index < -0.39 is 0 Å². The Kier molecular flexibility index (Phi) is 8.17. The van der Waals surface area contributed by atoms with E-state index in [1.165, 1.54) is 5.57 Å². The fourth-order valence-electron chi connectivity index (χ4n) is 0.817. The van der Waals surface area contributed by atoms with Gasteiger partial charge in [0.15, 0.2) is 0 Å². The molecule has 4 nitrogen and oxygen atoms in total. The van der Waals surface area contributed by atoms with Crippen molar-refractivity contribution in [2.75, 3.05) is 33.4 Å². The minimum atomic E-state index is 0.00389. The molecule has 0 fully saturated rings. The van der Waals surface area contributed by atoms with Crippen molar-refractivity contribution in [1.82, 2.24) is 10.6 Å². The van der Waals surface area contributed by atoms with Crippen LogP contribution in [0.5, 0.6) is 0 Å². The fraction of sp³-hybridized carbons (Fsp3) is 0.700. The van der Waals surface area contributed by atoms with Crippen molar-refractivity contribution in [2.45, 2.75) is 13.8 Å². The number of hydrogen-bond acceptors (Lipinski definition) is 3. The van der Waals surface area contributed by atoms with Crippen LogP contribution in [0.25, 0.3) is 0 Å². The normalized spacial score (nSPS) is 9.64. The molecule has 0 heterocycles. The Hall–Kier alpha value is -0.870. The molecule has 0 aliphatic carbocycles. The molecule has 0 atom stereocenters. The van der Waals surface area contributed by atoms with Gasteiger partial charge in [0.1, 0.15) is 0 Å². The molecular formula is C10H20N2O2. The van der Waals surface area contributed by atoms with Gasteiger partial charge in [-0.15, -0.1) is 0 Å². The second-order valence-corrected chi connectivity index (χ2v) is 3.26. The van der Waals surface area contributed by atoms with E-state index in [2.05, 4.69) is 10.6 Å². The summed E-state index contributed by atoms with van der Waals surface area (Å²) >= 11 is 0. The van der Waals surface area contributed by atoms with E-state index in [9.17, 15) is 4.79 Å². The molecule has 0 aromatic heterocycles. The third-order valence-electron chi connectivity index (χ3n) is 1.57. The number of nitrogens with one attached hydrogen (secondary N) is 2. The predicted octanol–water partition coefficient (Wildman–Crippen LogP) is 0.305. The average Bonchev–Trinajstić information content (AvgIpc) is 2.13. The Morgan fingerprint density at radius 2 is 2.14 bits per heavy atom. The van der Waals surface area contributed by atoms with Gasteiger partial charge >= 0.3 is 0 Å². The summed E-state index contributed by atoms with van der Waals surface area (Å²) in [5.41, 5.74) is 1.25. The van der Waals surface area contributed by atoms with Gasteiger partial charge in [0, 0.05) is 20.2 Å². The quantitative estimate of drug-likeness (QED) is 0.459. The highest BCUT2D eigenvalue weighted by molar-refractivity contribution is 5.77. The van der Waals surface area contributed by atoms with Crippen molar-refractivity contribution < 1.29 is 9.53 Å². The van der Waals surface area contributed by atoms with Crippen LogP contribution in [0.15, 0.2) is 11.6 Å². The van der Waals surface area contributed by atoms with Crippen LogP contribution in [0.1, 0.15) is 13.8 Å². The van der Waals surface area contributed by atoms with E-state index in [1.54, 1.807) is 7.11 Å². The molecule has 82 valence electrons. The molecule has 0 aliphatic heterocycles. The van der Waals surface area contributed by atoms with Crippen molar-refractivity contribution in [3.05, 3.63) is 11.6 Å². The van der Waals surface area contributed by atoms with Crippen molar-refractivity contribution in [2.24, 2.45) is 0 Å². The molecule has 4 heteroatoms. The van der Waals surface area contributed by atoms with Gasteiger partial charge < -0.3 is 15.4 Å². The largest absolute Gasteiger partial charge is 0.383 e. The van der Waals surface area contributed by atoms with Crippen LogP contribution in [0.2, 0.25) is 0 Å². The Morgan fingerprint density at radius 1 is 1.43 bits per heavy atom. The van der Waals surface area contributed by atoms with Crippen molar-refractivity contribution in [3.63, 3.8) is 0 Å². The van der Waals surface area contributed by atoms with E-state index >= 15 is 0 Å². The monoisotopic (exact) mass is 200 g/mol. The SMILES string of the molecule is COCCNC(=O)CNCC=C(C)C. The van der Waals surface area contributed by atoms with E-state index in [1.807, 2.05) is 19.9 Å². The van der Waals surface area contributed by atoms with Crippen LogP contribution in [0.4, 0.5) is 0 Å². The zero-order valence-corrected chi connectivity index (χ0v) is 9.22. The van der Waals surface area contributed by atoms with E-state index in [0.717, 1.165) is 6.54 Å². The van der Waals surface area contributed by atoms with E-state index in [-0.39, 0.29) is 5.91 Å². The molecule has 0 aromatic rings. The number of allylic oxidation sites excluding steroid dienone is 1. The fourth-order valence-corrected chi connectivity index (χ4v) is 0.817. The number of ether oxygens (including phenoxy) is 1. The second-order valence-electron chi connectivity index (χ2n) is 3.26. The number of amides is 1. The second kappa shape index (κ2) is 8.72. The van der Waals surface area contributed by atoms with Gasteiger partial charge in [-0.1, -0.05) is 11.6 Å². The highest BCUT2D eigenvalue weighted by atomic mass is 16.5. The molecule has 0 radical (unpaired) electrons. The first-order valence-electron chi connectivity index (χ1n) is 4.76. The smallest absolute Gasteiger partial charge is 0.234 e. The standard InChI is InChI=1S/C10H20N2O2/c1-9(2)4-5-11-8-10(13)12-6-7-14-3/h4,11H,5-8H2,1-3H3,(H,12,13). The number of carbonyl (C=O) groups excluding carboxylic acids is 1. The van der Waals surface area contributed by atoms with E-state index in [4.69, 9.17) is 4.74 Å². The van der Waals surface area contributed by atoms with Gasteiger partial charge in [-0.25, -0.2) is 0 Å². The zero-order chi connectivity index (χ0) is 10.8. The molecule has 0 aromatic carbocycles. The van der Waals surface area contributed by atoms with Crippen LogP contribution >= 0.6 is 0 Å². The molecule has 0 aliphatic rings. The Labute approximate surface area is 85.7 Å². The summed E-state index contributed by atoms with van der Waals surface area (Å²) in [5.74, 6) is 0.00389. The lowest BCUT2D eigenvalue weighted by Gasteiger charge is -2.04. The Bertz CT molecular complexity index is 187. The van der Waals surface area contributed by atoms with Gasteiger partial charge in [-0.3, -0.25) is 4.79 Å². The van der Waals surface area contributed by atoms with Gasteiger partial charge in [0.25, 0.3) is 0 Å². The first kappa shape index (κ1) is 13.1. The first-order valence-corrected chi connectivity index (χ1v) is 4.76. The van der Waals surface area contributed by atoms with Crippen LogP contribution in [0.3, 0.4) is 0 Å². The molecule has 0 unspecified atom stereocenters. The topological polar surface area (TPSA) is 50.4 Å². The molecule has 0 spiro atoms. The number of methoxy groups -OCH3 is 1. The number of hydrogen-bond donors (Lipinski definition) is 2. The first-order chi connectivity index (χ1) is 6.66. The summed E-state index contributed by atoms with van der Waals surface area (Å²) in [6.07, 6.45) is 2.04. The van der Waals surface area contributed by atoms with Crippen LogP contribution < -0.4 is 10.6 Å². The molecule has 1 amide bonds. The summed E-state index contributed by atoms with van der Waals surface area (Å²) in [7, 11) is 1.61. The molecule has 14 heavy (non-hydrogen) atoms. The van der Waals surface area contributed by atoms with Gasteiger partial charge in [0.05, 0.1) is 13.2 Å². The molecule has 0 saturated carbocycles. The maximum absolute atomic E-state index is 11.1. The molecule has 0 saturated heterocycles. The number of rotatable bonds is 7. The van der Waals surface area contributed by atoms with Gasteiger partial charge in [0.2, 0.25) is 5.91 Å². The molecule has 2 N–H and O–H groups in total. The summed E-state index contributed by atoms with van der Waals surface area (Å²) in [5, 5.41) is 5.74. The third-order valence-corrected chi connectivity index (χ3v) is 1.57. The highest BCUT2D eigenvalue weighted by Crippen LogP contribution is 1.84. The lowest BCUT2D eigenvalue weighted by molar-refractivity contribution is -0.120. The minimum Gasteiger partial charge on any atom is -0.383 e. The average molecular weight is 200 g/mol. The molecule has 0 bridgehead atoms. The maximum Gasteiger partial charge on any atom is 0.234 e. The van der Waals surface area contributed by atoms with Crippen molar-refractivity contribution in [3.8, 4) is 0 Å². The lowest BCUT2D eigenvalue weighted by Crippen LogP contribution is -2.35. The molecule has 0 rings (SSSR count). The van der Waals surface area contributed by atoms with Gasteiger partial charge in [-0.2, -0.15) is 0 Å². The maximum atomic E-state index is 11.1. The third kappa shape index (κ3) is 9.22. The predicted molar refractivity (Wildman–Crippen MR) is 57.2 cm³/mol. The van der Waals surface area contributed by atoms with Gasteiger partial charge in [-0.05, 0) is 13.8 Å². The number of carbonyl (C=O) groups is 1.